The normalized spacial score (nSPS) is 12.2. The number of ether oxygens (including phenoxy) is 4. The number of benzene rings is 1. The fraction of sp³-hybridized carbons (Fsp3) is 0.625. The molecule has 21 heavy (non-hydrogen) atoms. The minimum Gasteiger partial charge on any atom is -0.497 e. The van der Waals surface area contributed by atoms with E-state index in [9.17, 15) is 5.11 Å². The van der Waals surface area contributed by atoms with Crippen LogP contribution in [0.4, 0.5) is 0 Å². The zero-order valence-electron chi connectivity index (χ0n) is 13.1. The largest absolute Gasteiger partial charge is 0.497 e. The van der Waals surface area contributed by atoms with Gasteiger partial charge in [-0.1, -0.05) is 13.3 Å². The second kappa shape index (κ2) is 10.4. The first-order valence-corrected chi connectivity index (χ1v) is 7.28. The molecule has 120 valence electrons. The molecule has 0 spiro atoms. The molecule has 1 aromatic rings. The topological polar surface area (TPSA) is 57.2 Å². The zero-order chi connectivity index (χ0) is 15.5. The average Bonchev–Trinajstić information content (AvgIpc) is 2.53. The molecular weight excluding hydrogens is 272 g/mol. The Balaban J connectivity index is 2.36. The molecule has 0 bridgehead atoms. The molecule has 0 saturated carbocycles. The van der Waals surface area contributed by atoms with Gasteiger partial charge in [0.05, 0.1) is 34.0 Å². The molecule has 0 aliphatic heterocycles. The van der Waals surface area contributed by atoms with Crippen LogP contribution in [0.15, 0.2) is 18.2 Å². The first-order valence-electron chi connectivity index (χ1n) is 7.28. The Morgan fingerprint density at radius 3 is 2.48 bits per heavy atom. The van der Waals surface area contributed by atoms with Crippen LogP contribution in [0.3, 0.4) is 0 Å². The van der Waals surface area contributed by atoms with Crippen LogP contribution < -0.4 is 9.47 Å². The van der Waals surface area contributed by atoms with Crippen LogP contribution in [0.1, 0.15) is 31.4 Å². The van der Waals surface area contributed by atoms with Crippen LogP contribution in [-0.2, 0) is 9.47 Å². The number of hydrogen-bond donors (Lipinski definition) is 1. The number of aliphatic hydroxyl groups excluding tert-OH is 1. The standard InChI is InChI=1S/C16H26O5/c1-4-5-8-20-9-10-21-12-15(17)14-7-6-13(18-2)11-16(14)19-3/h6-7,11,15,17H,4-5,8-10,12H2,1-3H3. The van der Waals surface area contributed by atoms with Crippen molar-refractivity contribution in [3.05, 3.63) is 23.8 Å². The predicted molar refractivity (Wildman–Crippen MR) is 81.1 cm³/mol. The summed E-state index contributed by atoms with van der Waals surface area (Å²) in [6, 6.07) is 5.31. The molecule has 5 heteroatoms. The van der Waals surface area contributed by atoms with Crippen molar-refractivity contribution >= 4 is 0 Å². The van der Waals surface area contributed by atoms with Gasteiger partial charge in [-0.2, -0.15) is 0 Å². The Bertz CT molecular complexity index is 394. The molecule has 1 atom stereocenters. The maximum atomic E-state index is 10.2. The monoisotopic (exact) mass is 298 g/mol. The Morgan fingerprint density at radius 2 is 1.81 bits per heavy atom. The molecule has 0 aromatic heterocycles. The molecule has 0 amide bonds. The van der Waals surface area contributed by atoms with E-state index in [4.69, 9.17) is 18.9 Å². The molecule has 5 nitrogen and oxygen atoms in total. The van der Waals surface area contributed by atoms with Gasteiger partial charge in [0.1, 0.15) is 17.6 Å². The van der Waals surface area contributed by atoms with E-state index in [1.54, 1.807) is 32.4 Å². The summed E-state index contributed by atoms with van der Waals surface area (Å²) in [5.41, 5.74) is 0.685. The second-order valence-electron chi connectivity index (χ2n) is 4.66. The lowest BCUT2D eigenvalue weighted by Crippen LogP contribution is -2.12. The molecule has 1 N–H and O–H groups in total. The molecule has 0 heterocycles. The summed E-state index contributed by atoms with van der Waals surface area (Å²) in [7, 11) is 3.15. The molecule has 1 aromatic carbocycles. The predicted octanol–water partition coefficient (Wildman–Crippen LogP) is 2.57. The first kappa shape index (κ1) is 17.8. The van der Waals surface area contributed by atoms with Crippen molar-refractivity contribution in [3.63, 3.8) is 0 Å². The van der Waals surface area contributed by atoms with Gasteiger partial charge in [-0.05, 0) is 18.6 Å². The summed E-state index contributed by atoms with van der Waals surface area (Å²) in [6.45, 7) is 4.11. The van der Waals surface area contributed by atoms with Gasteiger partial charge in [-0.3, -0.25) is 0 Å². The third kappa shape index (κ3) is 6.33. The van der Waals surface area contributed by atoms with Gasteiger partial charge in [0, 0.05) is 18.2 Å². The molecular formula is C16H26O5. The minimum atomic E-state index is -0.735. The van der Waals surface area contributed by atoms with E-state index >= 15 is 0 Å². The molecule has 0 aliphatic rings. The van der Waals surface area contributed by atoms with Gasteiger partial charge in [-0.15, -0.1) is 0 Å². The summed E-state index contributed by atoms with van der Waals surface area (Å²) < 4.78 is 21.2. The van der Waals surface area contributed by atoms with Gasteiger partial charge in [0.15, 0.2) is 0 Å². The lowest BCUT2D eigenvalue weighted by Gasteiger charge is -2.16. The molecule has 0 saturated heterocycles. The summed E-state index contributed by atoms with van der Waals surface area (Å²) in [4.78, 5) is 0. The van der Waals surface area contributed by atoms with Crippen molar-refractivity contribution in [2.75, 3.05) is 40.6 Å². The lowest BCUT2D eigenvalue weighted by atomic mass is 10.1. The van der Waals surface area contributed by atoms with Crippen LogP contribution in [0.2, 0.25) is 0 Å². The number of rotatable bonds is 11. The summed E-state index contributed by atoms with van der Waals surface area (Å²) in [5.74, 6) is 1.28. The highest BCUT2D eigenvalue weighted by Crippen LogP contribution is 2.29. The summed E-state index contributed by atoms with van der Waals surface area (Å²) >= 11 is 0. The van der Waals surface area contributed by atoms with Crippen molar-refractivity contribution in [1.82, 2.24) is 0 Å². The quantitative estimate of drug-likeness (QED) is 0.636. The Hall–Kier alpha value is -1.30. The highest BCUT2D eigenvalue weighted by Gasteiger charge is 2.14. The average molecular weight is 298 g/mol. The van der Waals surface area contributed by atoms with Gasteiger partial charge in [0.2, 0.25) is 0 Å². The zero-order valence-corrected chi connectivity index (χ0v) is 13.1. The number of hydrogen-bond acceptors (Lipinski definition) is 5. The SMILES string of the molecule is CCCCOCCOCC(O)c1ccc(OC)cc1OC. The maximum absolute atomic E-state index is 10.2. The van der Waals surface area contributed by atoms with Gasteiger partial charge < -0.3 is 24.1 Å². The third-order valence-electron chi connectivity index (χ3n) is 3.09. The van der Waals surface area contributed by atoms with Crippen LogP contribution in [0, 0.1) is 0 Å². The smallest absolute Gasteiger partial charge is 0.128 e. The molecule has 0 fully saturated rings. The van der Waals surface area contributed by atoms with Crippen molar-refractivity contribution in [2.45, 2.75) is 25.9 Å². The van der Waals surface area contributed by atoms with Crippen LogP contribution in [-0.4, -0.2) is 45.8 Å². The Morgan fingerprint density at radius 1 is 1.05 bits per heavy atom. The van der Waals surface area contributed by atoms with E-state index in [1.165, 1.54) is 0 Å². The fourth-order valence-electron chi connectivity index (χ4n) is 1.84. The molecule has 1 rings (SSSR count). The van der Waals surface area contributed by atoms with Crippen molar-refractivity contribution < 1.29 is 24.1 Å². The fourth-order valence-corrected chi connectivity index (χ4v) is 1.84. The van der Waals surface area contributed by atoms with Crippen LogP contribution >= 0.6 is 0 Å². The van der Waals surface area contributed by atoms with E-state index in [0.717, 1.165) is 19.4 Å². The molecule has 1 unspecified atom stereocenters. The van der Waals surface area contributed by atoms with E-state index in [1.807, 2.05) is 0 Å². The summed E-state index contributed by atoms with van der Waals surface area (Å²) in [5, 5.41) is 10.2. The third-order valence-corrected chi connectivity index (χ3v) is 3.09. The Labute approximate surface area is 126 Å². The van der Waals surface area contributed by atoms with Gasteiger partial charge in [0.25, 0.3) is 0 Å². The maximum Gasteiger partial charge on any atom is 0.128 e. The van der Waals surface area contributed by atoms with Gasteiger partial charge in [-0.25, -0.2) is 0 Å². The number of unbranched alkanes of at least 4 members (excludes halogenated alkanes) is 1. The van der Waals surface area contributed by atoms with E-state index < -0.39 is 6.10 Å². The second-order valence-corrected chi connectivity index (χ2v) is 4.66. The van der Waals surface area contributed by atoms with Crippen molar-refractivity contribution in [2.24, 2.45) is 0 Å². The van der Waals surface area contributed by atoms with E-state index in [0.29, 0.717) is 30.3 Å². The minimum absolute atomic E-state index is 0.208. The number of methoxy groups -OCH3 is 2. The van der Waals surface area contributed by atoms with Crippen molar-refractivity contribution in [3.8, 4) is 11.5 Å². The Kier molecular flexibility index (Phi) is 8.82. The van der Waals surface area contributed by atoms with E-state index in [-0.39, 0.29) is 6.61 Å². The number of aliphatic hydroxyl groups is 1. The van der Waals surface area contributed by atoms with Crippen LogP contribution in [0.5, 0.6) is 11.5 Å². The van der Waals surface area contributed by atoms with Crippen LogP contribution in [0.25, 0.3) is 0 Å². The first-order chi connectivity index (χ1) is 10.2. The summed E-state index contributed by atoms with van der Waals surface area (Å²) in [6.07, 6.45) is 1.45. The van der Waals surface area contributed by atoms with Gasteiger partial charge >= 0.3 is 0 Å². The van der Waals surface area contributed by atoms with E-state index in [2.05, 4.69) is 6.92 Å². The lowest BCUT2D eigenvalue weighted by molar-refractivity contribution is 0.00210. The highest BCUT2D eigenvalue weighted by atomic mass is 16.5. The molecule has 0 radical (unpaired) electrons. The highest BCUT2D eigenvalue weighted by molar-refractivity contribution is 5.41. The molecule has 0 aliphatic carbocycles. The van der Waals surface area contributed by atoms with Crippen molar-refractivity contribution in [1.29, 1.82) is 0 Å².